The lowest BCUT2D eigenvalue weighted by molar-refractivity contribution is 0.163. The highest BCUT2D eigenvalue weighted by molar-refractivity contribution is 9.11. The van der Waals surface area contributed by atoms with Gasteiger partial charge in [0.1, 0.15) is 0 Å². The molecule has 0 fully saturated rings. The number of hydrogen-bond acceptors (Lipinski definition) is 1. The van der Waals surface area contributed by atoms with E-state index in [1.807, 2.05) is 0 Å². The summed E-state index contributed by atoms with van der Waals surface area (Å²) in [4.78, 5) is 0. The van der Waals surface area contributed by atoms with E-state index in [4.69, 9.17) is 0 Å². The predicted molar refractivity (Wildman–Crippen MR) is 43.8 cm³/mol. The number of hydrogen-bond donors (Lipinski definition) is 1. The zero-order chi connectivity index (χ0) is 7.14. The number of aliphatic hydroxyl groups excluding tert-OH is 1. The molecule has 0 aromatic carbocycles. The van der Waals surface area contributed by atoms with Gasteiger partial charge in [-0.2, -0.15) is 0 Å². The molecule has 10 heavy (non-hydrogen) atoms. The van der Waals surface area contributed by atoms with Crippen molar-refractivity contribution in [2.75, 3.05) is 0 Å². The Kier molecular flexibility index (Phi) is 1.46. The fourth-order valence-electron chi connectivity index (χ4n) is 1.62. The molecule has 2 aliphatic carbocycles. The molecule has 2 rings (SSSR count). The third-order valence-corrected chi connectivity index (χ3v) is 2.94. The van der Waals surface area contributed by atoms with Crippen LogP contribution in [0.4, 0.5) is 0 Å². The first-order valence-electron chi connectivity index (χ1n) is 3.51. The van der Waals surface area contributed by atoms with Crippen molar-refractivity contribution in [1.82, 2.24) is 0 Å². The van der Waals surface area contributed by atoms with Crippen molar-refractivity contribution < 1.29 is 5.11 Å². The van der Waals surface area contributed by atoms with E-state index in [9.17, 15) is 5.11 Å². The molecule has 2 bridgehead atoms. The van der Waals surface area contributed by atoms with E-state index in [1.54, 1.807) is 0 Å². The van der Waals surface area contributed by atoms with Crippen LogP contribution in [-0.4, -0.2) is 11.2 Å². The van der Waals surface area contributed by atoms with Crippen LogP contribution in [0.3, 0.4) is 0 Å². The van der Waals surface area contributed by atoms with E-state index >= 15 is 0 Å². The van der Waals surface area contributed by atoms with Crippen LogP contribution in [0, 0.1) is 11.8 Å². The summed E-state index contributed by atoms with van der Waals surface area (Å²) >= 11 is 3.35. The second-order valence-corrected chi connectivity index (χ2v) is 3.86. The number of allylic oxidation sites excluding steroid dienone is 2. The second kappa shape index (κ2) is 2.21. The molecule has 2 heteroatoms. The van der Waals surface area contributed by atoms with Crippen molar-refractivity contribution in [1.29, 1.82) is 0 Å². The minimum atomic E-state index is -0.282. The highest BCUT2D eigenvalue weighted by Crippen LogP contribution is 2.37. The summed E-state index contributed by atoms with van der Waals surface area (Å²) in [5.74, 6) is 0.937. The van der Waals surface area contributed by atoms with Crippen LogP contribution in [0.2, 0.25) is 0 Å². The summed E-state index contributed by atoms with van der Waals surface area (Å²) in [6.45, 7) is 0. The molecule has 0 spiro atoms. The first kappa shape index (κ1) is 6.62. The van der Waals surface area contributed by atoms with Crippen molar-refractivity contribution in [3.8, 4) is 0 Å². The van der Waals surface area contributed by atoms with E-state index in [0.29, 0.717) is 11.8 Å². The topological polar surface area (TPSA) is 20.2 Å². The number of fused-ring (bicyclic) bond motifs is 2. The molecule has 0 aliphatic heterocycles. The maximum absolute atomic E-state index is 9.50. The molecule has 0 saturated carbocycles. The molecule has 0 aromatic heterocycles. The SMILES string of the molecule is O[C@H]1C(Br)=C[C@H]2C=C[C@@H]1C2. The molecule has 3 atom stereocenters. The standard InChI is InChI=1S/C8H9BrO/c9-7-4-5-1-2-6(3-5)8(7)10/h1-2,4-6,8,10H,3H2/t5-,6+,8+/m0/s1. The van der Waals surface area contributed by atoms with E-state index in [-0.39, 0.29) is 6.10 Å². The maximum atomic E-state index is 9.50. The monoisotopic (exact) mass is 200 g/mol. The van der Waals surface area contributed by atoms with Gasteiger partial charge in [0, 0.05) is 10.4 Å². The van der Waals surface area contributed by atoms with Crippen molar-refractivity contribution >= 4 is 15.9 Å². The third kappa shape index (κ3) is 0.867. The highest BCUT2D eigenvalue weighted by atomic mass is 79.9. The molecule has 1 nitrogen and oxygen atoms in total. The Hall–Kier alpha value is -0.0800. The smallest absolute Gasteiger partial charge is 0.0914 e. The minimum absolute atomic E-state index is 0.282. The Labute approximate surface area is 68.6 Å². The Bertz CT molecular complexity index is 207. The molecular weight excluding hydrogens is 192 g/mol. The zero-order valence-electron chi connectivity index (χ0n) is 5.50. The second-order valence-electron chi connectivity index (χ2n) is 2.94. The average Bonchev–Trinajstić information content (AvgIpc) is 2.29. The summed E-state index contributed by atoms with van der Waals surface area (Å²) in [5, 5.41) is 9.50. The molecule has 1 N–H and O–H groups in total. The van der Waals surface area contributed by atoms with E-state index in [2.05, 4.69) is 34.2 Å². The van der Waals surface area contributed by atoms with E-state index in [0.717, 1.165) is 10.9 Å². The van der Waals surface area contributed by atoms with Crippen LogP contribution < -0.4 is 0 Å². The van der Waals surface area contributed by atoms with Crippen LogP contribution in [0.25, 0.3) is 0 Å². The van der Waals surface area contributed by atoms with Gasteiger partial charge in [0.15, 0.2) is 0 Å². The largest absolute Gasteiger partial charge is 0.387 e. The van der Waals surface area contributed by atoms with Gasteiger partial charge in [0.2, 0.25) is 0 Å². The lowest BCUT2D eigenvalue weighted by Gasteiger charge is -2.22. The fourth-order valence-corrected chi connectivity index (χ4v) is 2.30. The zero-order valence-corrected chi connectivity index (χ0v) is 7.08. The van der Waals surface area contributed by atoms with Crippen LogP contribution in [0.1, 0.15) is 6.42 Å². The fraction of sp³-hybridized carbons (Fsp3) is 0.500. The van der Waals surface area contributed by atoms with Gasteiger partial charge < -0.3 is 5.11 Å². The number of halogens is 1. The normalized spacial score (nSPS) is 43.8. The van der Waals surface area contributed by atoms with Gasteiger partial charge in [-0.1, -0.05) is 34.2 Å². The summed E-state index contributed by atoms with van der Waals surface area (Å²) in [5.41, 5.74) is 0. The van der Waals surface area contributed by atoms with Gasteiger partial charge in [-0.15, -0.1) is 0 Å². The van der Waals surface area contributed by atoms with Crippen molar-refractivity contribution in [2.45, 2.75) is 12.5 Å². The minimum Gasteiger partial charge on any atom is -0.387 e. The molecule has 2 aliphatic rings. The summed E-state index contributed by atoms with van der Waals surface area (Å²) < 4.78 is 0.957. The first-order chi connectivity index (χ1) is 4.77. The third-order valence-electron chi connectivity index (χ3n) is 2.21. The molecule has 0 amide bonds. The number of rotatable bonds is 0. The molecule has 0 unspecified atom stereocenters. The van der Waals surface area contributed by atoms with Crippen LogP contribution in [0.15, 0.2) is 22.7 Å². The predicted octanol–water partition coefficient (Wildman–Crippen LogP) is 1.83. The van der Waals surface area contributed by atoms with Gasteiger partial charge in [0.05, 0.1) is 6.10 Å². The first-order valence-corrected chi connectivity index (χ1v) is 4.30. The van der Waals surface area contributed by atoms with Gasteiger partial charge in [-0.25, -0.2) is 0 Å². The van der Waals surface area contributed by atoms with Gasteiger partial charge in [-0.05, 0) is 12.3 Å². The van der Waals surface area contributed by atoms with Gasteiger partial charge >= 0.3 is 0 Å². The summed E-state index contributed by atoms with van der Waals surface area (Å²) in [6, 6.07) is 0. The Morgan fingerprint density at radius 3 is 3.10 bits per heavy atom. The summed E-state index contributed by atoms with van der Waals surface area (Å²) in [7, 11) is 0. The van der Waals surface area contributed by atoms with Crippen molar-refractivity contribution in [2.24, 2.45) is 11.8 Å². The molecule has 54 valence electrons. The highest BCUT2D eigenvalue weighted by Gasteiger charge is 2.30. The number of aliphatic hydroxyl groups is 1. The van der Waals surface area contributed by atoms with Crippen molar-refractivity contribution in [3.63, 3.8) is 0 Å². The molecular formula is C8H9BrO. The average molecular weight is 201 g/mol. The Morgan fingerprint density at radius 2 is 2.30 bits per heavy atom. The van der Waals surface area contributed by atoms with Crippen LogP contribution in [-0.2, 0) is 0 Å². The van der Waals surface area contributed by atoms with E-state index in [1.165, 1.54) is 0 Å². The molecule has 0 radical (unpaired) electrons. The molecule has 0 saturated heterocycles. The van der Waals surface area contributed by atoms with Crippen LogP contribution >= 0.6 is 15.9 Å². The van der Waals surface area contributed by atoms with Crippen LogP contribution in [0.5, 0.6) is 0 Å². The maximum Gasteiger partial charge on any atom is 0.0914 e. The summed E-state index contributed by atoms with van der Waals surface area (Å²) in [6.07, 6.45) is 7.18. The molecule has 0 aromatic rings. The Morgan fingerprint density at radius 1 is 1.50 bits per heavy atom. The quantitative estimate of drug-likeness (QED) is 0.593. The molecule has 0 heterocycles. The van der Waals surface area contributed by atoms with Gasteiger partial charge in [-0.3, -0.25) is 0 Å². The van der Waals surface area contributed by atoms with E-state index < -0.39 is 0 Å². The Balaban J connectivity index is 2.32. The van der Waals surface area contributed by atoms with Gasteiger partial charge in [0.25, 0.3) is 0 Å². The van der Waals surface area contributed by atoms with Crippen molar-refractivity contribution in [3.05, 3.63) is 22.7 Å². The lowest BCUT2D eigenvalue weighted by Crippen LogP contribution is -2.21. The lowest BCUT2D eigenvalue weighted by atomic mass is 9.92.